The van der Waals surface area contributed by atoms with E-state index >= 15 is 0 Å². The fraction of sp³-hybridized carbons (Fsp3) is 0.214. The van der Waals surface area contributed by atoms with Gasteiger partial charge in [0.05, 0.1) is 19.9 Å². The molecule has 0 atom stereocenters. The fourth-order valence-corrected chi connectivity index (χ4v) is 4.95. The highest BCUT2D eigenvalue weighted by atomic mass is 16.7. The monoisotopic (exact) mass is 485 g/mol. The predicted octanol–water partition coefficient (Wildman–Crippen LogP) is 4.01. The fourth-order valence-electron chi connectivity index (χ4n) is 4.95. The molecule has 0 aromatic heterocycles. The molecule has 0 aliphatic carbocycles. The van der Waals surface area contributed by atoms with Gasteiger partial charge >= 0.3 is 5.97 Å². The summed E-state index contributed by atoms with van der Waals surface area (Å²) in [5.41, 5.74) is 5.05. The van der Waals surface area contributed by atoms with Gasteiger partial charge in [0.25, 0.3) is 0 Å². The van der Waals surface area contributed by atoms with Crippen LogP contribution in [0.2, 0.25) is 0 Å². The maximum absolute atomic E-state index is 13.0. The van der Waals surface area contributed by atoms with E-state index in [9.17, 15) is 9.59 Å². The van der Waals surface area contributed by atoms with Crippen molar-refractivity contribution in [2.45, 2.75) is 13.3 Å². The van der Waals surface area contributed by atoms with Crippen molar-refractivity contribution in [3.63, 3.8) is 0 Å². The SMILES string of the molecule is COc1cc2c(cc1OC)C1=CC(c3ccc4c(c3)OCO4)=CC(=C3C(=O)C=C(C)OC3=O)N1CC2. The normalized spacial score (nSPS) is 20.1. The first-order chi connectivity index (χ1) is 17.5. The van der Waals surface area contributed by atoms with Crippen molar-refractivity contribution in [1.29, 1.82) is 0 Å². The third-order valence-electron chi connectivity index (χ3n) is 6.66. The average Bonchev–Trinajstić information content (AvgIpc) is 3.35. The number of carbonyl (C=O) groups excluding carboxylic acids is 2. The number of esters is 1. The average molecular weight is 485 g/mol. The van der Waals surface area contributed by atoms with E-state index in [4.69, 9.17) is 23.7 Å². The number of cyclic esters (lactones) is 1. The van der Waals surface area contributed by atoms with E-state index in [1.54, 1.807) is 21.1 Å². The molecule has 0 unspecified atom stereocenters. The van der Waals surface area contributed by atoms with Gasteiger partial charge in [0.15, 0.2) is 28.8 Å². The number of nitrogens with zero attached hydrogens (tertiary/aromatic N) is 1. The van der Waals surface area contributed by atoms with Gasteiger partial charge in [0.1, 0.15) is 11.3 Å². The Bertz CT molecular complexity index is 1460. The van der Waals surface area contributed by atoms with Gasteiger partial charge in [-0.3, -0.25) is 4.79 Å². The molecule has 2 aromatic rings. The summed E-state index contributed by atoms with van der Waals surface area (Å²) < 4.78 is 27.5. The van der Waals surface area contributed by atoms with E-state index in [1.807, 2.05) is 47.4 Å². The second kappa shape index (κ2) is 8.34. The summed E-state index contributed by atoms with van der Waals surface area (Å²) >= 11 is 0. The molecule has 0 spiro atoms. The van der Waals surface area contributed by atoms with Crippen LogP contribution < -0.4 is 18.9 Å². The molecule has 4 heterocycles. The van der Waals surface area contributed by atoms with Gasteiger partial charge in [0.2, 0.25) is 6.79 Å². The van der Waals surface area contributed by atoms with Gasteiger partial charge < -0.3 is 28.6 Å². The number of methoxy groups -OCH3 is 2. The van der Waals surface area contributed by atoms with Gasteiger partial charge in [-0.05, 0) is 66.5 Å². The number of benzene rings is 2. The Morgan fingerprint density at radius 1 is 0.917 bits per heavy atom. The van der Waals surface area contributed by atoms with E-state index in [-0.39, 0.29) is 23.9 Å². The van der Waals surface area contributed by atoms with Crippen molar-refractivity contribution in [2.75, 3.05) is 27.6 Å². The van der Waals surface area contributed by atoms with Crippen molar-refractivity contribution < 1.29 is 33.3 Å². The number of ketones is 1. The van der Waals surface area contributed by atoms with E-state index in [2.05, 4.69) is 0 Å². The van der Waals surface area contributed by atoms with Crippen LogP contribution in [0.4, 0.5) is 0 Å². The van der Waals surface area contributed by atoms with Crippen LogP contribution in [0.5, 0.6) is 23.0 Å². The number of carbonyl (C=O) groups is 2. The van der Waals surface area contributed by atoms with E-state index < -0.39 is 5.97 Å². The maximum atomic E-state index is 13.0. The van der Waals surface area contributed by atoms with Gasteiger partial charge in [-0.2, -0.15) is 0 Å². The van der Waals surface area contributed by atoms with Crippen molar-refractivity contribution >= 4 is 23.0 Å². The van der Waals surface area contributed by atoms with Crippen LogP contribution in [0.15, 0.2) is 65.6 Å². The highest BCUT2D eigenvalue weighted by molar-refractivity contribution is 6.24. The van der Waals surface area contributed by atoms with E-state index in [0.29, 0.717) is 41.7 Å². The number of ether oxygens (including phenoxy) is 5. The standard InChI is InChI=1S/C28H23NO7/c1-15-8-22(30)27(28(31)36-15)21-10-18(16-4-5-23-26(11-16)35-14-34-23)9-20-19-13-25(33-3)24(32-2)12-17(19)6-7-29(20)21/h4-5,8-13H,6-7,14H2,1-3H3. The number of allylic oxidation sites excluding steroid dienone is 5. The molecule has 4 aliphatic rings. The van der Waals surface area contributed by atoms with Crippen molar-refractivity contribution in [3.05, 3.63) is 82.3 Å². The number of hydrogen-bond acceptors (Lipinski definition) is 8. The lowest BCUT2D eigenvalue weighted by Gasteiger charge is -2.38. The summed E-state index contributed by atoms with van der Waals surface area (Å²) in [7, 11) is 3.20. The molecule has 8 nitrogen and oxygen atoms in total. The summed E-state index contributed by atoms with van der Waals surface area (Å²) in [6.45, 7) is 2.33. The summed E-state index contributed by atoms with van der Waals surface area (Å²) in [4.78, 5) is 27.9. The Hall–Kier alpha value is -4.46. The van der Waals surface area contributed by atoms with Crippen LogP contribution in [0.3, 0.4) is 0 Å². The molecule has 0 radical (unpaired) electrons. The van der Waals surface area contributed by atoms with Gasteiger partial charge in [-0.15, -0.1) is 0 Å². The smallest absolute Gasteiger partial charge is 0.349 e. The van der Waals surface area contributed by atoms with Crippen molar-refractivity contribution in [2.24, 2.45) is 0 Å². The lowest BCUT2D eigenvalue weighted by molar-refractivity contribution is -0.137. The zero-order chi connectivity index (χ0) is 25.0. The predicted molar refractivity (Wildman–Crippen MR) is 130 cm³/mol. The molecule has 0 amide bonds. The molecule has 2 aromatic carbocycles. The first kappa shape index (κ1) is 22.0. The molecule has 182 valence electrons. The zero-order valence-corrected chi connectivity index (χ0v) is 20.0. The number of fused-ring (bicyclic) bond motifs is 4. The first-order valence-electron chi connectivity index (χ1n) is 11.5. The molecule has 4 aliphatic heterocycles. The van der Waals surface area contributed by atoms with Crippen molar-refractivity contribution in [1.82, 2.24) is 4.90 Å². The second-order valence-corrected chi connectivity index (χ2v) is 8.73. The lowest BCUT2D eigenvalue weighted by atomic mass is 9.88. The Balaban J connectivity index is 1.57. The van der Waals surface area contributed by atoms with Crippen LogP contribution in [0.1, 0.15) is 23.6 Å². The first-order valence-corrected chi connectivity index (χ1v) is 11.5. The van der Waals surface area contributed by atoms with E-state index in [0.717, 1.165) is 28.0 Å². The highest BCUT2D eigenvalue weighted by Crippen LogP contribution is 2.44. The summed E-state index contributed by atoms with van der Waals surface area (Å²) in [5, 5.41) is 0. The zero-order valence-electron chi connectivity index (χ0n) is 20.0. The van der Waals surface area contributed by atoms with Crippen LogP contribution in [0.25, 0.3) is 11.3 Å². The lowest BCUT2D eigenvalue weighted by Crippen LogP contribution is -2.34. The molecule has 36 heavy (non-hydrogen) atoms. The summed E-state index contributed by atoms with van der Waals surface area (Å²) in [6.07, 6.45) is 5.94. The molecular formula is C28H23NO7. The van der Waals surface area contributed by atoms with Crippen LogP contribution >= 0.6 is 0 Å². The highest BCUT2D eigenvalue weighted by Gasteiger charge is 2.35. The largest absolute Gasteiger partial charge is 0.493 e. The summed E-state index contributed by atoms with van der Waals surface area (Å²) in [6, 6.07) is 9.58. The van der Waals surface area contributed by atoms with Crippen LogP contribution in [-0.4, -0.2) is 44.2 Å². The minimum atomic E-state index is -0.657. The Labute approximate surface area is 207 Å². The number of rotatable bonds is 3. The minimum Gasteiger partial charge on any atom is -0.493 e. The molecule has 0 fully saturated rings. The molecule has 6 rings (SSSR count). The van der Waals surface area contributed by atoms with E-state index in [1.165, 1.54) is 6.08 Å². The maximum Gasteiger partial charge on any atom is 0.349 e. The Morgan fingerprint density at radius 2 is 1.69 bits per heavy atom. The Kier molecular flexibility index (Phi) is 5.10. The van der Waals surface area contributed by atoms with Crippen LogP contribution in [0, 0.1) is 0 Å². The third-order valence-corrected chi connectivity index (χ3v) is 6.66. The summed E-state index contributed by atoms with van der Waals surface area (Å²) in [5.74, 6) is 1.81. The topological polar surface area (TPSA) is 83.5 Å². The molecule has 0 saturated heterocycles. The Morgan fingerprint density at radius 3 is 2.47 bits per heavy atom. The number of hydrogen-bond donors (Lipinski definition) is 0. The minimum absolute atomic E-state index is 0.00775. The third kappa shape index (κ3) is 3.45. The molecule has 0 saturated carbocycles. The van der Waals surface area contributed by atoms with Crippen LogP contribution in [-0.2, 0) is 20.7 Å². The van der Waals surface area contributed by atoms with Gasteiger partial charge in [-0.1, -0.05) is 6.07 Å². The molecular weight excluding hydrogens is 462 g/mol. The molecule has 0 bridgehead atoms. The molecule has 0 N–H and O–H groups in total. The second-order valence-electron chi connectivity index (χ2n) is 8.73. The van der Waals surface area contributed by atoms with Crippen molar-refractivity contribution in [3.8, 4) is 23.0 Å². The van der Waals surface area contributed by atoms with Gasteiger partial charge in [0, 0.05) is 23.9 Å². The molecule has 8 heteroatoms. The van der Waals surface area contributed by atoms with Gasteiger partial charge in [-0.25, -0.2) is 4.79 Å². The quantitative estimate of drug-likeness (QED) is 0.366.